The minimum atomic E-state index is -1.48. The van der Waals surface area contributed by atoms with Crippen molar-refractivity contribution in [2.45, 2.75) is 51.7 Å². The molecule has 6 heteroatoms. The van der Waals surface area contributed by atoms with Gasteiger partial charge in [0.2, 0.25) is 11.8 Å². The van der Waals surface area contributed by atoms with E-state index in [0.29, 0.717) is 0 Å². The van der Waals surface area contributed by atoms with Crippen molar-refractivity contribution in [3.63, 3.8) is 0 Å². The molecule has 2 N–H and O–H groups in total. The molecule has 0 bridgehead atoms. The number of benzene rings is 1. The highest BCUT2D eigenvalue weighted by molar-refractivity contribution is 6.10. The van der Waals surface area contributed by atoms with E-state index in [9.17, 15) is 19.5 Å². The molecule has 0 saturated carbocycles. The van der Waals surface area contributed by atoms with E-state index in [4.69, 9.17) is 0 Å². The maximum atomic E-state index is 13.3. The summed E-state index contributed by atoms with van der Waals surface area (Å²) in [7, 11) is 0. The van der Waals surface area contributed by atoms with E-state index >= 15 is 0 Å². The van der Waals surface area contributed by atoms with Crippen molar-refractivity contribution in [2.24, 2.45) is 17.8 Å². The van der Waals surface area contributed by atoms with Crippen molar-refractivity contribution in [1.29, 1.82) is 0 Å². The van der Waals surface area contributed by atoms with Crippen LogP contribution in [-0.2, 0) is 14.4 Å². The van der Waals surface area contributed by atoms with Gasteiger partial charge < -0.3 is 5.11 Å². The van der Waals surface area contributed by atoms with E-state index in [1.54, 1.807) is 34.6 Å². The van der Waals surface area contributed by atoms with Crippen LogP contribution in [0.15, 0.2) is 36.4 Å². The molecule has 2 heterocycles. The van der Waals surface area contributed by atoms with Crippen molar-refractivity contribution < 1.29 is 19.5 Å². The van der Waals surface area contributed by atoms with Crippen LogP contribution < -0.4 is 5.32 Å². The van der Waals surface area contributed by atoms with Crippen molar-refractivity contribution >= 4 is 23.9 Å². The fraction of sp³-hybridized carbons (Fsp3) is 0.500. The van der Waals surface area contributed by atoms with Gasteiger partial charge in [-0.1, -0.05) is 56.3 Å². The second-order valence-electron chi connectivity index (χ2n) is 8.95. The molecule has 0 spiro atoms. The Kier molecular flexibility index (Phi) is 4.96. The first-order valence-corrected chi connectivity index (χ1v) is 9.64. The van der Waals surface area contributed by atoms with Crippen molar-refractivity contribution in [1.82, 2.24) is 10.2 Å². The highest BCUT2D eigenvalue weighted by atomic mass is 16.4. The van der Waals surface area contributed by atoms with Gasteiger partial charge in [0, 0.05) is 11.6 Å². The molecule has 6 nitrogen and oxygen atoms in total. The Morgan fingerprint density at radius 2 is 1.79 bits per heavy atom. The fourth-order valence-electron chi connectivity index (χ4n) is 4.56. The van der Waals surface area contributed by atoms with E-state index in [1.165, 1.54) is 4.90 Å². The van der Waals surface area contributed by atoms with Crippen molar-refractivity contribution in [3.05, 3.63) is 42.0 Å². The normalized spacial score (nSPS) is 30.5. The van der Waals surface area contributed by atoms with Gasteiger partial charge in [0.05, 0.1) is 11.8 Å². The van der Waals surface area contributed by atoms with Crippen LogP contribution in [0.4, 0.5) is 0 Å². The molecular formula is C22H28N2O4. The van der Waals surface area contributed by atoms with Crippen LogP contribution in [0.2, 0.25) is 0 Å². The summed E-state index contributed by atoms with van der Waals surface area (Å²) < 4.78 is 0. The van der Waals surface area contributed by atoms with E-state index in [1.807, 2.05) is 42.5 Å². The lowest BCUT2D eigenvalue weighted by Crippen LogP contribution is -2.61. The zero-order valence-corrected chi connectivity index (χ0v) is 17.0. The lowest BCUT2D eigenvalue weighted by molar-refractivity contribution is -0.155. The SMILES string of the molecule is CC(C)C1(C(=O)O)NC(C=Cc2ccccc2)C2C(=O)N(C(C)(C)C)C(=O)C21. The standard InChI is InChI=1S/C22H28N2O4/c1-13(2)22(20(27)28)17-16(18(25)24(19(17)26)21(3,4)5)15(23-22)12-11-14-9-7-6-8-10-14/h6-13,15-17,23H,1-5H3,(H,27,28). The van der Waals surface area contributed by atoms with Gasteiger partial charge in [-0.3, -0.25) is 24.6 Å². The van der Waals surface area contributed by atoms with Crippen molar-refractivity contribution in [2.75, 3.05) is 0 Å². The number of imide groups is 1. The Bertz CT molecular complexity index is 825. The summed E-state index contributed by atoms with van der Waals surface area (Å²) in [6.45, 7) is 8.94. The molecule has 2 amide bonds. The van der Waals surface area contributed by atoms with E-state index in [0.717, 1.165) is 5.56 Å². The predicted molar refractivity (Wildman–Crippen MR) is 106 cm³/mol. The van der Waals surface area contributed by atoms with Crippen LogP contribution in [0.5, 0.6) is 0 Å². The number of nitrogens with one attached hydrogen (secondary N) is 1. The molecule has 2 fully saturated rings. The third-order valence-corrected chi connectivity index (χ3v) is 5.87. The second-order valence-corrected chi connectivity index (χ2v) is 8.95. The van der Waals surface area contributed by atoms with Gasteiger partial charge in [0.15, 0.2) is 0 Å². The highest BCUT2D eigenvalue weighted by Gasteiger charge is 2.69. The van der Waals surface area contributed by atoms with Crippen LogP contribution in [0.1, 0.15) is 40.2 Å². The summed E-state index contributed by atoms with van der Waals surface area (Å²) in [5.74, 6) is -3.83. The predicted octanol–water partition coefficient (Wildman–Crippen LogP) is 2.55. The minimum Gasteiger partial charge on any atom is -0.480 e. The molecule has 1 aromatic rings. The number of hydrogen-bond donors (Lipinski definition) is 2. The third-order valence-electron chi connectivity index (χ3n) is 5.87. The molecule has 2 aliphatic rings. The Hall–Kier alpha value is -2.47. The number of amides is 2. The van der Waals surface area contributed by atoms with Gasteiger partial charge >= 0.3 is 5.97 Å². The lowest BCUT2D eigenvalue weighted by atomic mass is 9.73. The number of fused-ring (bicyclic) bond motifs is 1. The van der Waals surface area contributed by atoms with Crippen LogP contribution in [0, 0.1) is 17.8 Å². The first kappa shape index (κ1) is 20.3. The van der Waals surface area contributed by atoms with Crippen LogP contribution in [0.3, 0.4) is 0 Å². The summed E-state index contributed by atoms with van der Waals surface area (Å²) >= 11 is 0. The largest absolute Gasteiger partial charge is 0.480 e. The zero-order valence-electron chi connectivity index (χ0n) is 17.0. The van der Waals surface area contributed by atoms with Crippen LogP contribution in [0.25, 0.3) is 6.08 Å². The number of carboxylic acid groups (broad SMARTS) is 1. The molecule has 0 aromatic heterocycles. The molecule has 0 aliphatic carbocycles. The topological polar surface area (TPSA) is 86.7 Å². The molecule has 2 aliphatic heterocycles. The third kappa shape index (κ3) is 2.96. The number of nitrogens with zero attached hydrogens (tertiary/aromatic N) is 1. The molecule has 1 aromatic carbocycles. The molecule has 4 atom stereocenters. The number of hydrogen-bond acceptors (Lipinski definition) is 4. The number of aliphatic carboxylic acids is 1. The lowest BCUT2D eigenvalue weighted by Gasteiger charge is -2.37. The Morgan fingerprint density at radius 3 is 2.29 bits per heavy atom. The molecular weight excluding hydrogens is 356 g/mol. The average molecular weight is 384 g/mol. The maximum absolute atomic E-state index is 13.3. The molecule has 2 saturated heterocycles. The summed E-state index contributed by atoms with van der Waals surface area (Å²) in [5.41, 5.74) is -1.24. The number of carbonyl (C=O) groups is 3. The first-order valence-electron chi connectivity index (χ1n) is 9.64. The zero-order chi connectivity index (χ0) is 20.9. The molecule has 28 heavy (non-hydrogen) atoms. The number of carbonyl (C=O) groups excluding carboxylic acids is 2. The van der Waals surface area contributed by atoms with Gasteiger partial charge in [0.25, 0.3) is 0 Å². The van der Waals surface area contributed by atoms with E-state index in [2.05, 4.69) is 5.32 Å². The molecule has 150 valence electrons. The van der Waals surface area contributed by atoms with Gasteiger partial charge in [-0.15, -0.1) is 0 Å². The number of rotatable bonds is 4. The quantitative estimate of drug-likeness (QED) is 0.779. The van der Waals surface area contributed by atoms with Crippen LogP contribution >= 0.6 is 0 Å². The van der Waals surface area contributed by atoms with Gasteiger partial charge in [-0.05, 0) is 32.3 Å². The maximum Gasteiger partial charge on any atom is 0.325 e. The Morgan fingerprint density at radius 1 is 1.18 bits per heavy atom. The minimum absolute atomic E-state index is 0.304. The Labute approximate surface area is 165 Å². The molecule has 3 rings (SSSR count). The average Bonchev–Trinajstić information content (AvgIpc) is 3.08. The second kappa shape index (κ2) is 6.85. The highest BCUT2D eigenvalue weighted by Crippen LogP contribution is 2.48. The monoisotopic (exact) mass is 384 g/mol. The summed E-state index contributed by atoms with van der Waals surface area (Å²) in [4.78, 5) is 40.1. The van der Waals surface area contributed by atoms with Crippen LogP contribution in [-0.4, -0.2) is 44.9 Å². The fourth-order valence-corrected chi connectivity index (χ4v) is 4.56. The number of carboxylic acids is 1. The molecule has 0 radical (unpaired) electrons. The number of likely N-dealkylation sites (tertiary alicyclic amines) is 1. The van der Waals surface area contributed by atoms with Gasteiger partial charge in [-0.25, -0.2) is 0 Å². The summed E-state index contributed by atoms with van der Waals surface area (Å²) in [5, 5.41) is 13.3. The van der Waals surface area contributed by atoms with Gasteiger partial charge in [-0.2, -0.15) is 0 Å². The van der Waals surface area contributed by atoms with Gasteiger partial charge in [0.1, 0.15) is 5.54 Å². The smallest absolute Gasteiger partial charge is 0.325 e. The van der Waals surface area contributed by atoms with E-state index < -0.39 is 40.8 Å². The summed E-state index contributed by atoms with van der Waals surface area (Å²) in [6.07, 6.45) is 3.68. The summed E-state index contributed by atoms with van der Waals surface area (Å²) in [6, 6.07) is 9.05. The van der Waals surface area contributed by atoms with E-state index in [-0.39, 0.29) is 11.8 Å². The van der Waals surface area contributed by atoms with Crippen molar-refractivity contribution in [3.8, 4) is 0 Å². The Balaban J connectivity index is 2.09. The molecule has 4 unspecified atom stereocenters. The first-order chi connectivity index (χ1) is 13.0.